The highest BCUT2D eigenvalue weighted by molar-refractivity contribution is 6.30. The van der Waals surface area contributed by atoms with Crippen molar-refractivity contribution < 1.29 is 23.9 Å². The van der Waals surface area contributed by atoms with Crippen LogP contribution in [0.15, 0.2) is 23.0 Å². The first kappa shape index (κ1) is 22.9. The zero-order valence-electron chi connectivity index (χ0n) is 18.0. The number of anilines is 1. The minimum atomic E-state index is -1.36. The molecule has 0 spiro atoms. The van der Waals surface area contributed by atoms with E-state index in [1.807, 2.05) is 0 Å². The second-order valence-corrected chi connectivity index (χ2v) is 8.99. The van der Waals surface area contributed by atoms with Crippen LogP contribution in [0.25, 0.3) is 0 Å². The molecule has 3 heterocycles. The average Bonchev–Trinajstić information content (AvgIpc) is 2.96. The van der Waals surface area contributed by atoms with E-state index in [1.54, 1.807) is 0 Å². The van der Waals surface area contributed by atoms with Gasteiger partial charge < -0.3 is 15.7 Å². The van der Waals surface area contributed by atoms with Crippen LogP contribution in [0.5, 0.6) is 5.75 Å². The van der Waals surface area contributed by atoms with Gasteiger partial charge in [-0.15, -0.1) is 0 Å². The molecule has 0 bridgehead atoms. The van der Waals surface area contributed by atoms with E-state index in [2.05, 4.69) is 0 Å². The van der Waals surface area contributed by atoms with Crippen LogP contribution in [-0.4, -0.2) is 51.8 Å². The lowest BCUT2D eigenvalue weighted by molar-refractivity contribution is -0.125. The van der Waals surface area contributed by atoms with Crippen LogP contribution in [0.2, 0.25) is 5.02 Å². The van der Waals surface area contributed by atoms with Crippen LogP contribution >= 0.6 is 11.6 Å². The number of Topliss-reactive ketones (excluding diaryl/α,β-unsaturated/α-hetero) is 1. The van der Waals surface area contributed by atoms with Gasteiger partial charge in [-0.05, 0) is 38.0 Å². The lowest BCUT2D eigenvalue weighted by Crippen LogP contribution is -2.43. The highest BCUT2D eigenvalue weighted by atomic mass is 35.5. The van der Waals surface area contributed by atoms with Crippen molar-refractivity contribution in [2.45, 2.75) is 32.4 Å². The van der Waals surface area contributed by atoms with E-state index in [4.69, 9.17) is 17.3 Å². The van der Waals surface area contributed by atoms with Crippen LogP contribution in [0.3, 0.4) is 0 Å². The smallest absolute Gasteiger partial charge is 0.296 e. The average molecular weight is 477 g/mol. The quantitative estimate of drug-likeness (QED) is 0.666. The molecule has 3 N–H and O–H groups in total. The summed E-state index contributed by atoms with van der Waals surface area (Å²) in [5.74, 6) is -2.76. The maximum Gasteiger partial charge on any atom is 0.296 e. The molecule has 0 saturated heterocycles. The van der Waals surface area contributed by atoms with Crippen molar-refractivity contribution in [2.75, 3.05) is 24.5 Å². The first-order valence-corrected chi connectivity index (χ1v) is 10.6. The van der Waals surface area contributed by atoms with E-state index in [0.717, 1.165) is 9.47 Å². The van der Waals surface area contributed by atoms with Gasteiger partial charge in [0.25, 0.3) is 17.4 Å². The summed E-state index contributed by atoms with van der Waals surface area (Å²) in [6.45, 7) is 2.67. The van der Waals surface area contributed by atoms with Crippen molar-refractivity contribution in [3.8, 4) is 5.75 Å². The van der Waals surface area contributed by atoms with Crippen molar-refractivity contribution >= 4 is 35.0 Å². The molecule has 1 aromatic carbocycles. The molecule has 0 radical (unpaired) electrons. The fourth-order valence-electron chi connectivity index (χ4n) is 4.39. The molecule has 0 fully saturated rings. The Kier molecular flexibility index (Phi) is 5.53. The summed E-state index contributed by atoms with van der Waals surface area (Å²) in [6, 6.07) is 4.08. The Morgan fingerprint density at radius 2 is 1.97 bits per heavy atom. The van der Waals surface area contributed by atoms with Crippen molar-refractivity contribution in [1.29, 1.82) is 0 Å². The van der Waals surface area contributed by atoms with Crippen LogP contribution in [0, 0.1) is 5.82 Å². The summed E-state index contributed by atoms with van der Waals surface area (Å²) in [5, 5.41) is 10.6. The van der Waals surface area contributed by atoms with Gasteiger partial charge in [-0.1, -0.05) is 17.7 Å². The third-order valence-corrected chi connectivity index (χ3v) is 6.35. The first-order chi connectivity index (χ1) is 15.5. The van der Waals surface area contributed by atoms with E-state index in [-0.39, 0.29) is 49.0 Å². The van der Waals surface area contributed by atoms with Crippen molar-refractivity contribution in [3.63, 3.8) is 0 Å². The Bertz CT molecular complexity index is 1270. The van der Waals surface area contributed by atoms with E-state index >= 15 is 0 Å². The number of carbonyl (C=O) groups excluding carboxylic acids is 3. The monoisotopic (exact) mass is 476 g/mol. The summed E-state index contributed by atoms with van der Waals surface area (Å²) in [5.41, 5.74) is 3.84. The van der Waals surface area contributed by atoms with E-state index in [0.29, 0.717) is 11.1 Å². The van der Waals surface area contributed by atoms with Gasteiger partial charge >= 0.3 is 0 Å². The number of halogens is 2. The van der Waals surface area contributed by atoms with Gasteiger partial charge in [-0.3, -0.25) is 28.6 Å². The number of fused-ring (bicyclic) bond motifs is 3. The van der Waals surface area contributed by atoms with Gasteiger partial charge in [0.2, 0.25) is 0 Å². The molecule has 0 saturated carbocycles. The number of nitrogens with zero attached hydrogens (tertiary/aromatic N) is 3. The summed E-state index contributed by atoms with van der Waals surface area (Å²) in [7, 11) is 0. The number of rotatable bonds is 5. The summed E-state index contributed by atoms with van der Waals surface area (Å²) >= 11 is 5.83. The third-order valence-electron chi connectivity index (χ3n) is 6.06. The summed E-state index contributed by atoms with van der Waals surface area (Å²) < 4.78 is 14.6. The SMILES string of the molecule is CC1(C)C(=O)N(CC(=O)CN)c2c3c(c(O)c(=O)n21)C(=O)N(Cc1ccc(F)c(Cl)c1)CC3. The number of amides is 2. The molecule has 174 valence electrons. The van der Waals surface area contributed by atoms with E-state index in [9.17, 15) is 28.7 Å². The van der Waals surface area contributed by atoms with Gasteiger partial charge in [0, 0.05) is 18.7 Å². The largest absolute Gasteiger partial charge is 0.502 e. The van der Waals surface area contributed by atoms with E-state index in [1.165, 1.54) is 36.9 Å². The number of aromatic hydroxyl groups is 1. The summed E-state index contributed by atoms with van der Waals surface area (Å²) in [4.78, 5) is 54.1. The van der Waals surface area contributed by atoms with Gasteiger partial charge in [0.15, 0.2) is 11.5 Å². The molecule has 0 aliphatic carbocycles. The molecule has 0 atom stereocenters. The minimum absolute atomic E-state index is 0.0793. The van der Waals surface area contributed by atoms with Crippen LogP contribution in [-0.2, 0) is 28.1 Å². The Morgan fingerprint density at radius 3 is 2.61 bits per heavy atom. The number of hydrogen-bond donors (Lipinski definition) is 2. The normalized spacial score (nSPS) is 16.8. The number of nitrogens with two attached hydrogens (primary N) is 1. The second-order valence-electron chi connectivity index (χ2n) is 8.58. The van der Waals surface area contributed by atoms with Crippen LogP contribution in [0.4, 0.5) is 10.2 Å². The molecule has 9 nitrogen and oxygen atoms in total. The van der Waals surface area contributed by atoms with Gasteiger partial charge in [-0.25, -0.2) is 4.39 Å². The standard InChI is InChI=1S/C22H22ClFN4O5/c1-22(2)21(33)27(10-12(29)8-25)18-13-5-6-26(9-11-3-4-15(24)14(23)7-11)19(31)16(13)17(30)20(32)28(18)22/h3-4,7,30H,5-6,8-10,25H2,1-2H3. The van der Waals surface area contributed by atoms with E-state index < -0.39 is 40.3 Å². The molecule has 0 unspecified atom stereocenters. The maximum atomic E-state index is 13.5. The Hall–Kier alpha value is -3.24. The van der Waals surface area contributed by atoms with Crippen LogP contribution < -0.4 is 16.2 Å². The van der Waals surface area contributed by atoms with Gasteiger partial charge in [0.05, 0.1) is 23.7 Å². The zero-order chi connectivity index (χ0) is 24.2. The minimum Gasteiger partial charge on any atom is -0.502 e. The molecule has 4 rings (SSSR count). The fraction of sp³-hybridized carbons (Fsp3) is 0.364. The van der Waals surface area contributed by atoms with Gasteiger partial charge in [-0.2, -0.15) is 0 Å². The number of aromatic nitrogens is 1. The number of carbonyl (C=O) groups is 3. The molecular weight excluding hydrogens is 455 g/mol. The Balaban J connectivity index is 1.81. The zero-order valence-corrected chi connectivity index (χ0v) is 18.8. The maximum absolute atomic E-state index is 13.5. The van der Waals surface area contributed by atoms with Crippen molar-refractivity contribution in [1.82, 2.24) is 9.47 Å². The lowest BCUT2D eigenvalue weighted by atomic mass is 9.97. The predicted molar refractivity (Wildman–Crippen MR) is 118 cm³/mol. The highest BCUT2D eigenvalue weighted by Crippen LogP contribution is 2.41. The third kappa shape index (κ3) is 3.50. The van der Waals surface area contributed by atoms with Crippen molar-refractivity contribution in [2.24, 2.45) is 5.73 Å². The van der Waals surface area contributed by atoms with Crippen LogP contribution in [0.1, 0.15) is 35.3 Å². The molecule has 2 aliphatic rings. The molecule has 1 aromatic heterocycles. The lowest BCUT2D eigenvalue weighted by Gasteiger charge is -2.31. The molecule has 2 amide bonds. The highest BCUT2D eigenvalue weighted by Gasteiger charge is 2.49. The molecule has 33 heavy (non-hydrogen) atoms. The first-order valence-electron chi connectivity index (χ1n) is 10.3. The molecule has 11 heteroatoms. The van der Waals surface area contributed by atoms with Crippen molar-refractivity contribution in [3.05, 3.63) is 56.1 Å². The Morgan fingerprint density at radius 1 is 1.27 bits per heavy atom. The summed E-state index contributed by atoms with van der Waals surface area (Å²) in [6.07, 6.45) is 0.218. The number of ketones is 1. The second kappa shape index (κ2) is 7.96. The predicted octanol–water partition coefficient (Wildman–Crippen LogP) is 1.15. The molecular formula is C22H22ClFN4O5. The molecule has 2 aliphatic heterocycles. The van der Waals surface area contributed by atoms with Gasteiger partial charge in [0.1, 0.15) is 17.2 Å². The topological polar surface area (TPSA) is 126 Å². The number of hydrogen-bond acceptors (Lipinski definition) is 6. The number of pyridine rings is 1. The molecule has 2 aromatic rings. The Labute approximate surface area is 193 Å². The fourth-order valence-corrected chi connectivity index (χ4v) is 4.60. The number of benzene rings is 1.